The van der Waals surface area contributed by atoms with Gasteiger partial charge in [0.1, 0.15) is 0 Å². The predicted molar refractivity (Wildman–Crippen MR) is 48.4 cm³/mol. The van der Waals surface area contributed by atoms with Crippen LogP contribution in [0.2, 0.25) is 25.2 Å². The van der Waals surface area contributed by atoms with Gasteiger partial charge in [0, 0.05) is 14.7 Å². The van der Waals surface area contributed by atoms with E-state index in [1.807, 2.05) is 0 Å². The fraction of sp³-hybridized carbons (Fsp3) is 1.00. The van der Waals surface area contributed by atoms with Crippen molar-refractivity contribution in [3.8, 4) is 0 Å². The molecule has 1 atom stereocenters. The van der Waals surface area contributed by atoms with Gasteiger partial charge in [-0.15, -0.1) is 0 Å². The molecule has 1 N–H and O–H groups in total. The largest absolute Gasteiger partial charge is 0.396 e. The van der Waals surface area contributed by atoms with Crippen molar-refractivity contribution >= 4 is 31.1 Å². The van der Waals surface area contributed by atoms with Gasteiger partial charge in [0.15, 0.2) is 0 Å². The summed E-state index contributed by atoms with van der Waals surface area (Å²) in [6.07, 6.45) is 0. The highest BCUT2D eigenvalue weighted by atomic mass is 28.3. The second-order valence-corrected chi connectivity index (χ2v) is 9.17. The zero-order valence-corrected chi connectivity index (χ0v) is 7.23. The first-order chi connectivity index (χ1) is 3.48. The topological polar surface area (TPSA) is 20.2 Å². The molecule has 0 radical (unpaired) electrons. The summed E-state index contributed by atoms with van der Waals surface area (Å²) >= 11 is 0. The van der Waals surface area contributed by atoms with Crippen LogP contribution in [0.5, 0.6) is 0 Å². The molecule has 0 amide bonds. The van der Waals surface area contributed by atoms with Gasteiger partial charge < -0.3 is 5.11 Å². The quantitative estimate of drug-likeness (QED) is 0.590. The fourth-order valence-corrected chi connectivity index (χ4v) is 0.822. The van der Waals surface area contributed by atoms with Gasteiger partial charge in [-0.2, -0.15) is 0 Å². The van der Waals surface area contributed by atoms with Crippen molar-refractivity contribution in [2.24, 2.45) is 0 Å². The van der Waals surface area contributed by atoms with Crippen LogP contribution in [0, 0.1) is 0 Å². The third-order valence-corrected chi connectivity index (χ3v) is 4.89. The van der Waals surface area contributed by atoms with Gasteiger partial charge in [-0.05, 0) is 5.54 Å². The summed E-state index contributed by atoms with van der Waals surface area (Å²) in [7, 11) is -1.01. The first-order valence-corrected chi connectivity index (χ1v) is 6.67. The Hall–Kier alpha value is 0.943. The van der Waals surface area contributed by atoms with E-state index in [0.717, 1.165) is 0 Å². The lowest BCUT2D eigenvalue weighted by Gasteiger charge is -2.22. The van der Waals surface area contributed by atoms with E-state index in [1.54, 1.807) is 0 Å². The maximum absolute atomic E-state index is 8.71. The van der Waals surface area contributed by atoms with Crippen LogP contribution < -0.4 is 0 Å². The molecule has 1 unspecified atom stereocenters. The highest BCUT2D eigenvalue weighted by Gasteiger charge is 2.20. The molecule has 0 aliphatic heterocycles. The minimum Gasteiger partial charge on any atom is -0.396 e. The van der Waals surface area contributed by atoms with E-state index in [2.05, 4.69) is 26.6 Å². The molecule has 0 rings (SSSR count). The number of aliphatic hydroxyl groups is 1. The zero-order valence-electron chi connectivity index (χ0n) is 6.23. The van der Waals surface area contributed by atoms with E-state index in [9.17, 15) is 0 Å². The van der Waals surface area contributed by atoms with Crippen molar-refractivity contribution in [3.05, 3.63) is 0 Å². The van der Waals surface area contributed by atoms with Gasteiger partial charge in [-0.25, -0.2) is 0 Å². The highest BCUT2D eigenvalue weighted by molar-refractivity contribution is 6.77. The van der Waals surface area contributed by atoms with Crippen LogP contribution in [0.25, 0.3) is 0 Å². The maximum Gasteiger partial charge on any atom is 0.316 e. The fourth-order valence-electron chi connectivity index (χ4n) is 0.274. The van der Waals surface area contributed by atoms with Crippen molar-refractivity contribution in [3.63, 3.8) is 0 Å². The van der Waals surface area contributed by atoms with Gasteiger partial charge >= 0.3 is 23.1 Å². The molecule has 0 saturated carbocycles. The Morgan fingerprint density at radius 1 is 1.33 bits per heavy atom. The third kappa shape index (κ3) is 5.39. The minimum atomic E-state index is -1.01. The van der Waals surface area contributed by atoms with Gasteiger partial charge in [0.25, 0.3) is 0 Å². The molecular formula is C6H18MgOSi. The SMILES string of the molecule is CC(CO)[Si](C)(C)C.[MgH2]. The molecule has 0 heterocycles. The molecule has 0 aromatic heterocycles. The lowest BCUT2D eigenvalue weighted by molar-refractivity contribution is 0.292. The van der Waals surface area contributed by atoms with Crippen LogP contribution in [-0.4, -0.2) is 42.8 Å². The molecule has 0 fully saturated rings. The summed E-state index contributed by atoms with van der Waals surface area (Å²) in [4.78, 5) is 0. The molecule has 9 heavy (non-hydrogen) atoms. The smallest absolute Gasteiger partial charge is 0.316 e. The summed E-state index contributed by atoms with van der Waals surface area (Å²) < 4.78 is 0. The summed E-state index contributed by atoms with van der Waals surface area (Å²) in [5, 5.41) is 8.71. The Balaban J connectivity index is 0. The third-order valence-electron chi connectivity index (χ3n) is 1.75. The van der Waals surface area contributed by atoms with E-state index < -0.39 is 8.07 Å². The van der Waals surface area contributed by atoms with E-state index >= 15 is 0 Å². The van der Waals surface area contributed by atoms with Crippen LogP contribution in [0.1, 0.15) is 6.92 Å². The van der Waals surface area contributed by atoms with Gasteiger partial charge in [-0.1, -0.05) is 26.6 Å². The van der Waals surface area contributed by atoms with Gasteiger partial charge in [0.05, 0.1) is 0 Å². The Morgan fingerprint density at radius 3 is 1.67 bits per heavy atom. The monoisotopic (exact) mass is 158 g/mol. The molecule has 0 aliphatic carbocycles. The average Bonchev–Trinajstić information content (AvgIpc) is 1.62. The Bertz CT molecular complexity index is 69.9. The van der Waals surface area contributed by atoms with Crippen LogP contribution in [0.15, 0.2) is 0 Å². The molecule has 0 aromatic rings. The molecule has 0 saturated heterocycles. The van der Waals surface area contributed by atoms with Gasteiger partial charge in [-0.3, -0.25) is 0 Å². The summed E-state index contributed by atoms with van der Waals surface area (Å²) in [5.41, 5.74) is 0.544. The molecule has 0 bridgehead atoms. The van der Waals surface area contributed by atoms with Crippen molar-refractivity contribution in [1.82, 2.24) is 0 Å². The summed E-state index contributed by atoms with van der Waals surface area (Å²) in [5.74, 6) is 0. The lowest BCUT2D eigenvalue weighted by atomic mass is 10.5. The zero-order chi connectivity index (χ0) is 6.78. The summed E-state index contributed by atoms with van der Waals surface area (Å²) in [6.45, 7) is 9.29. The first kappa shape index (κ1) is 12.6. The van der Waals surface area contributed by atoms with E-state index in [1.165, 1.54) is 0 Å². The first-order valence-electron chi connectivity index (χ1n) is 3.09. The van der Waals surface area contributed by atoms with Crippen molar-refractivity contribution in [2.45, 2.75) is 32.1 Å². The number of aliphatic hydroxyl groups excluding tert-OH is 1. The van der Waals surface area contributed by atoms with Crippen LogP contribution in [-0.2, 0) is 0 Å². The predicted octanol–water partition coefficient (Wildman–Crippen LogP) is 0.791. The number of hydrogen-bond acceptors (Lipinski definition) is 1. The molecule has 0 spiro atoms. The van der Waals surface area contributed by atoms with Crippen molar-refractivity contribution in [2.75, 3.05) is 6.61 Å². The Kier molecular flexibility index (Phi) is 6.60. The number of rotatable bonds is 2. The minimum absolute atomic E-state index is 0. The van der Waals surface area contributed by atoms with Crippen LogP contribution in [0.3, 0.4) is 0 Å². The molecule has 0 aliphatic rings. The van der Waals surface area contributed by atoms with Crippen LogP contribution in [0.4, 0.5) is 0 Å². The second-order valence-electron chi connectivity index (χ2n) is 3.45. The molecule has 3 heteroatoms. The number of hydrogen-bond donors (Lipinski definition) is 1. The summed E-state index contributed by atoms with van der Waals surface area (Å²) in [6, 6.07) is 0. The molecule has 0 aromatic carbocycles. The normalized spacial score (nSPS) is 14.3. The van der Waals surface area contributed by atoms with Crippen molar-refractivity contribution < 1.29 is 5.11 Å². The van der Waals surface area contributed by atoms with Crippen molar-refractivity contribution in [1.29, 1.82) is 0 Å². The highest BCUT2D eigenvalue weighted by Crippen LogP contribution is 2.18. The maximum atomic E-state index is 8.71. The Morgan fingerprint density at radius 2 is 1.67 bits per heavy atom. The molecular weight excluding hydrogens is 140 g/mol. The van der Waals surface area contributed by atoms with E-state index in [4.69, 9.17) is 5.11 Å². The average molecular weight is 159 g/mol. The van der Waals surface area contributed by atoms with E-state index in [0.29, 0.717) is 12.1 Å². The second kappa shape index (κ2) is 4.71. The Labute approximate surface area is 75.0 Å². The van der Waals surface area contributed by atoms with Gasteiger partial charge in [0.2, 0.25) is 0 Å². The van der Waals surface area contributed by atoms with Crippen LogP contribution >= 0.6 is 0 Å². The van der Waals surface area contributed by atoms with E-state index in [-0.39, 0.29) is 23.1 Å². The molecule has 54 valence electrons. The molecule has 1 nitrogen and oxygen atoms in total. The standard InChI is InChI=1S/C6H16OSi.Mg.2H/c1-6(5-7)8(2,3)4;;;/h6-7H,5H2,1-4H3;;;. The lowest BCUT2D eigenvalue weighted by Crippen LogP contribution is -2.28.